The lowest BCUT2D eigenvalue weighted by Gasteiger charge is -2.08. The Morgan fingerprint density at radius 1 is 1.20 bits per heavy atom. The van der Waals surface area contributed by atoms with Crippen LogP contribution < -0.4 is 10.5 Å². The topological polar surface area (TPSA) is 59.1 Å². The molecule has 2 rings (SSSR count). The maximum atomic E-state index is 7.44. The van der Waals surface area contributed by atoms with Crippen LogP contribution in [0.4, 0.5) is 0 Å². The molecule has 3 nitrogen and oxygen atoms in total. The molecule has 0 radical (unpaired) electrons. The molecule has 4 heteroatoms. The molecule has 2 aromatic rings. The van der Waals surface area contributed by atoms with Crippen molar-refractivity contribution in [1.29, 1.82) is 5.41 Å². The quantitative estimate of drug-likeness (QED) is 0.502. The summed E-state index contributed by atoms with van der Waals surface area (Å²) in [5.74, 6) is 1.88. The Balaban J connectivity index is 2.04. The highest BCUT2D eigenvalue weighted by molar-refractivity contribution is 7.98. The maximum Gasteiger partial charge on any atom is 0.122 e. The van der Waals surface area contributed by atoms with Crippen molar-refractivity contribution in [1.82, 2.24) is 0 Å². The first kappa shape index (κ1) is 14.5. The predicted molar refractivity (Wildman–Crippen MR) is 84.8 cm³/mol. The van der Waals surface area contributed by atoms with E-state index in [1.165, 1.54) is 16.0 Å². The van der Waals surface area contributed by atoms with Crippen LogP contribution in [0.1, 0.15) is 16.7 Å². The molecule has 3 N–H and O–H groups in total. The Hall–Kier alpha value is -1.94. The van der Waals surface area contributed by atoms with Gasteiger partial charge in [-0.3, -0.25) is 5.41 Å². The first-order valence-electron chi connectivity index (χ1n) is 6.31. The molecular weight excluding hydrogens is 268 g/mol. The van der Waals surface area contributed by atoms with Gasteiger partial charge in [-0.2, -0.15) is 0 Å². The maximum absolute atomic E-state index is 7.44. The second-order valence-corrected chi connectivity index (χ2v) is 5.57. The number of nitrogen functional groups attached to an aromatic ring is 1. The highest BCUT2D eigenvalue weighted by Gasteiger charge is 2.03. The lowest BCUT2D eigenvalue weighted by molar-refractivity contribution is 0.414. The number of thioether (sulfide) groups is 1. The summed E-state index contributed by atoms with van der Waals surface area (Å²) in [6.07, 6.45) is 0. The molecule has 2 aromatic carbocycles. The van der Waals surface area contributed by atoms with Gasteiger partial charge < -0.3 is 10.5 Å². The third-order valence-corrected chi connectivity index (χ3v) is 4.17. The Morgan fingerprint density at radius 2 is 1.90 bits per heavy atom. The summed E-state index contributed by atoms with van der Waals surface area (Å²) in [6, 6.07) is 14.0. The third-order valence-electron chi connectivity index (χ3n) is 3.11. The summed E-state index contributed by atoms with van der Waals surface area (Å²) in [6.45, 7) is 2.05. The van der Waals surface area contributed by atoms with Gasteiger partial charge in [0.15, 0.2) is 0 Å². The minimum atomic E-state index is 0.113. The molecule has 0 bridgehead atoms. The summed E-state index contributed by atoms with van der Waals surface area (Å²) in [5, 5.41) is 7.44. The fourth-order valence-corrected chi connectivity index (χ4v) is 2.83. The molecule has 0 aliphatic carbocycles. The number of hydrogen-bond donors (Lipinski definition) is 2. The molecule has 0 atom stereocenters. The fourth-order valence-electron chi connectivity index (χ4n) is 1.86. The van der Waals surface area contributed by atoms with Gasteiger partial charge in [-0.15, -0.1) is 11.8 Å². The standard InChI is InChI=1S/C16H18N2OS/c1-11-9-12(16(17)18)3-4-13(11)10-20-15-7-5-14(19-2)6-8-15/h3-9H,10H2,1-2H3,(H3,17,18). The number of methoxy groups -OCH3 is 1. The molecule has 0 aliphatic rings. The van der Waals surface area contributed by atoms with E-state index < -0.39 is 0 Å². The van der Waals surface area contributed by atoms with E-state index in [4.69, 9.17) is 15.9 Å². The van der Waals surface area contributed by atoms with Gasteiger partial charge in [-0.05, 0) is 48.4 Å². The van der Waals surface area contributed by atoms with E-state index >= 15 is 0 Å². The molecule has 0 saturated carbocycles. The Kier molecular flexibility index (Phi) is 4.69. The molecule has 0 unspecified atom stereocenters. The number of nitrogens with one attached hydrogen (secondary N) is 1. The highest BCUT2D eigenvalue weighted by Crippen LogP contribution is 2.26. The molecule has 20 heavy (non-hydrogen) atoms. The molecule has 0 fully saturated rings. The van der Waals surface area contributed by atoms with Gasteiger partial charge in [0.05, 0.1) is 7.11 Å². The number of hydrogen-bond acceptors (Lipinski definition) is 3. The van der Waals surface area contributed by atoms with Crippen LogP contribution in [0.25, 0.3) is 0 Å². The van der Waals surface area contributed by atoms with E-state index in [0.29, 0.717) is 0 Å². The summed E-state index contributed by atoms with van der Waals surface area (Å²) in [7, 11) is 1.67. The van der Waals surface area contributed by atoms with Gasteiger partial charge in [0.2, 0.25) is 0 Å². The number of rotatable bonds is 5. The Labute approximate surface area is 123 Å². The summed E-state index contributed by atoms with van der Waals surface area (Å²) in [5.41, 5.74) is 8.70. The molecule has 0 spiro atoms. The van der Waals surface area contributed by atoms with Crippen molar-refractivity contribution < 1.29 is 4.74 Å². The number of ether oxygens (including phenoxy) is 1. The average Bonchev–Trinajstić information content (AvgIpc) is 2.46. The van der Waals surface area contributed by atoms with Crippen LogP contribution in [0.2, 0.25) is 0 Å². The van der Waals surface area contributed by atoms with Crippen LogP contribution in [0.15, 0.2) is 47.4 Å². The minimum Gasteiger partial charge on any atom is -0.497 e. The van der Waals surface area contributed by atoms with Crippen molar-refractivity contribution in [3.63, 3.8) is 0 Å². The molecule has 0 aromatic heterocycles. The predicted octanol–water partition coefficient (Wildman–Crippen LogP) is 3.58. The summed E-state index contributed by atoms with van der Waals surface area (Å²) >= 11 is 1.78. The number of amidine groups is 1. The largest absolute Gasteiger partial charge is 0.497 e. The summed E-state index contributed by atoms with van der Waals surface area (Å²) in [4.78, 5) is 1.21. The van der Waals surface area contributed by atoms with Gasteiger partial charge in [-0.25, -0.2) is 0 Å². The molecule has 0 aliphatic heterocycles. The average molecular weight is 286 g/mol. The molecular formula is C16H18N2OS. The lowest BCUT2D eigenvalue weighted by atomic mass is 10.1. The van der Waals surface area contributed by atoms with Crippen LogP contribution in [0.3, 0.4) is 0 Å². The lowest BCUT2D eigenvalue weighted by Crippen LogP contribution is -2.11. The number of benzene rings is 2. The van der Waals surface area contributed by atoms with E-state index in [9.17, 15) is 0 Å². The van der Waals surface area contributed by atoms with E-state index in [0.717, 1.165) is 17.1 Å². The van der Waals surface area contributed by atoms with Crippen molar-refractivity contribution in [2.24, 2.45) is 5.73 Å². The zero-order valence-corrected chi connectivity index (χ0v) is 12.5. The van der Waals surface area contributed by atoms with Crippen LogP contribution >= 0.6 is 11.8 Å². The van der Waals surface area contributed by atoms with Gasteiger partial charge in [0.1, 0.15) is 11.6 Å². The third kappa shape index (κ3) is 3.54. The normalized spacial score (nSPS) is 10.3. The van der Waals surface area contributed by atoms with Gasteiger partial charge in [0.25, 0.3) is 0 Å². The van der Waals surface area contributed by atoms with E-state index in [1.54, 1.807) is 18.9 Å². The number of nitrogens with two attached hydrogens (primary N) is 1. The van der Waals surface area contributed by atoms with Crippen molar-refractivity contribution in [2.45, 2.75) is 17.6 Å². The van der Waals surface area contributed by atoms with E-state index in [1.807, 2.05) is 30.3 Å². The molecule has 0 saturated heterocycles. The van der Waals surface area contributed by atoms with Gasteiger partial charge in [0, 0.05) is 16.2 Å². The molecule has 0 heterocycles. The fraction of sp³-hybridized carbons (Fsp3) is 0.188. The van der Waals surface area contributed by atoms with Crippen LogP contribution in [0.5, 0.6) is 5.75 Å². The second kappa shape index (κ2) is 6.48. The minimum absolute atomic E-state index is 0.113. The monoisotopic (exact) mass is 286 g/mol. The highest BCUT2D eigenvalue weighted by atomic mass is 32.2. The van der Waals surface area contributed by atoms with Crippen molar-refractivity contribution in [3.8, 4) is 5.75 Å². The molecule has 104 valence electrons. The molecule has 0 amide bonds. The SMILES string of the molecule is COc1ccc(SCc2ccc(C(=N)N)cc2C)cc1. The Bertz CT molecular complexity index is 608. The van der Waals surface area contributed by atoms with Crippen LogP contribution in [-0.4, -0.2) is 12.9 Å². The van der Waals surface area contributed by atoms with Crippen molar-refractivity contribution in [2.75, 3.05) is 7.11 Å². The smallest absolute Gasteiger partial charge is 0.122 e. The van der Waals surface area contributed by atoms with Crippen molar-refractivity contribution in [3.05, 3.63) is 59.2 Å². The van der Waals surface area contributed by atoms with Crippen molar-refractivity contribution >= 4 is 17.6 Å². The van der Waals surface area contributed by atoms with E-state index in [2.05, 4.69) is 19.1 Å². The van der Waals surface area contributed by atoms with Gasteiger partial charge >= 0.3 is 0 Å². The number of aryl methyl sites for hydroxylation is 1. The van der Waals surface area contributed by atoms with Gasteiger partial charge in [-0.1, -0.05) is 12.1 Å². The zero-order chi connectivity index (χ0) is 14.5. The summed E-state index contributed by atoms with van der Waals surface area (Å²) < 4.78 is 5.15. The van der Waals surface area contributed by atoms with E-state index in [-0.39, 0.29) is 5.84 Å². The first-order chi connectivity index (χ1) is 9.60. The Morgan fingerprint density at radius 3 is 2.45 bits per heavy atom. The van der Waals surface area contributed by atoms with Crippen LogP contribution in [0, 0.1) is 12.3 Å². The van der Waals surface area contributed by atoms with Crippen LogP contribution in [-0.2, 0) is 5.75 Å². The second-order valence-electron chi connectivity index (χ2n) is 4.52. The first-order valence-corrected chi connectivity index (χ1v) is 7.29. The zero-order valence-electron chi connectivity index (χ0n) is 11.6.